The summed E-state index contributed by atoms with van der Waals surface area (Å²) >= 11 is 0. The van der Waals surface area contributed by atoms with E-state index in [1.807, 2.05) is 0 Å². The van der Waals surface area contributed by atoms with Crippen LogP contribution in [0.1, 0.15) is 26.7 Å². The van der Waals surface area contributed by atoms with Gasteiger partial charge in [0.25, 0.3) is 0 Å². The summed E-state index contributed by atoms with van der Waals surface area (Å²) in [7, 11) is 0. The molecule has 2 fully saturated rings. The Bertz CT molecular complexity index is 202. The fraction of sp³-hybridized carbons (Fsp3) is 1.00. The van der Waals surface area contributed by atoms with Crippen LogP contribution >= 0.6 is 0 Å². The van der Waals surface area contributed by atoms with E-state index in [2.05, 4.69) is 24.1 Å². The van der Waals surface area contributed by atoms with Crippen molar-refractivity contribution in [3.63, 3.8) is 0 Å². The first-order valence-corrected chi connectivity index (χ1v) is 6.80. The second kappa shape index (κ2) is 5.99. The zero-order valence-electron chi connectivity index (χ0n) is 10.7. The molecule has 3 nitrogen and oxygen atoms in total. The second-order valence-corrected chi connectivity index (χ2v) is 5.59. The lowest BCUT2D eigenvalue weighted by Crippen LogP contribution is -2.55. The highest BCUT2D eigenvalue weighted by Gasteiger charge is 2.27. The summed E-state index contributed by atoms with van der Waals surface area (Å²) in [5.41, 5.74) is 0. The van der Waals surface area contributed by atoms with Gasteiger partial charge >= 0.3 is 0 Å². The minimum absolute atomic E-state index is 0.718. The van der Waals surface area contributed by atoms with E-state index in [9.17, 15) is 0 Å². The predicted molar refractivity (Wildman–Crippen MR) is 66.6 cm³/mol. The molecule has 2 aliphatic heterocycles. The van der Waals surface area contributed by atoms with Crippen molar-refractivity contribution >= 4 is 0 Å². The van der Waals surface area contributed by atoms with Crippen LogP contribution in [0.4, 0.5) is 0 Å². The Hall–Kier alpha value is -0.120. The number of hydrogen-bond donors (Lipinski definition) is 1. The second-order valence-electron chi connectivity index (χ2n) is 5.59. The fourth-order valence-electron chi connectivity index (χ4n) is 2.93. The Morgan fingerprint density at radius 3 is 3.00 bits per heavy atom. The molecule has 0 spiro atoms. The first-order valence-electron chi connectivity index (χ1n) is 6.80. The lowest BCUT2D eigenvalue weighted by Gasteiger charge is -2.41. The van der Waals surface area contributed by atoms with E-state index in [-0.39, 0.29) is 0 Å². The largest absolute Gasteiger partial charge is 0.381 e. The van der Waals surface area contributed by atoms with Gasteiger partial charge in [0.2, 0.25) is 0 Å². The standard InChI is InChI=1S/C13H26N2O/c1-11(2)13-8-14-5-6-15(13)9-12-4-3-7-16-10-12/h11-14H,3-10H2,1-2H3. The number of nitrogens with one attached hydrogen (secondary N) is 1. The number of hydrogen-bond acceptors (Lipinski definition) is 3. The van der Waals surface area contributed by atoms with Gasteiger partial charge in [0.1, 0.15) is 0 Å². The van der Waals surface area contributed by atoms with Crippen molar-refractivity contribution in [3.8, 4) is 0 Å². The molecule has 0 aromatic carbocycles. The van der Waals surface area contributed by atoms with Gasteiger partial charge in [-0.2, -0.15) is 0 Å². The van der Waals surface area contributed by atoms with Crippen molar-refractivity contribution in [2.75, 3.05) is 39.4 Å². The molecule has 1 N–H and O–H groups in total. The number of ether oxygens (including phenoxy) is 1. The van der Waals surface area contributed by atoms with Gasteiger partial charge in [-0.25, -0.2) is 0 Å². The van der Waals surface area contributed by atoms with E-state index in [4.69, 9.17) is 4.74 Å². The minimum atomic E-state index is 0.718. The lowest BCUT2D eigenvalue weighted by molar-refractivity contribution is 0.0206. The molecular weight excluding hydrogens is 200 g/mol. The molecule has 0 aromatic rings. The monoisotopic (exact) mass is 226 g/mol. The normalized spacial score (nSPS) is 33.2. The van der Waals surface area contributed by atoms with Gasteiger partial charge in [0.05, 0.1) is 6.61 Å². The molecule has 2 rings (SSSR count). The molecule has 0 bridgehead atoms. The minimum Gasteiger partial charge on any atom is -0.381 e. The molecule has 2 heterocycles. The highest BCUT2D eigenvalue weighted by Crippen LogP contribution is 2.19. The fourth-order valence-corrected chi connectivity index (χ4v) is 2.93. The Morgan fingerprint density at radius 2 is 2.31 bits per heavy atom. The quantitative estimate of drug-likeness (QED) is 0.786. The molecule has 0 radical (unpaired) electrons. The third kappa shape index (κ3) is 3.19. The van der Waals surface area contributed by atoms with Crippen LogP contribution < -0.4 is 5.32 Å². The predicted octanol–water partition coefficient (Wildman–Crippen LogP) is 1.34. The van der Waals surface area contributed by atoms with Crippen LogP contribution in [-0.2, 0) is 4.74 Å². The highest BCUT2D eigenvalue weighted by atomic mass is 16.5. The van der Waals surface area contributed by atoms with E-state index in [1.165, 1.54) is 25.9 Å². The molecule has 16 heavy (non-hydrogen) atoms. The third-order valence-electron chi connectivity index (χ3n) is 3.92. The molecule has 2 unspecified atom stereocenters. The SMILES string of the molecule is CC(C)C1CNCCN1CC1CCCOC1. The molecule has 2 saturated heterocycles. The average molecular weight is 226 g/mol. The molecule has 0 saturated carbocycles. The maximum Gasteiger partial charge on any atom is 0.0506 e. The zero-order chi connectivity index (χ0) is 11.4. The summed E-state index contributed by atoms with van der Waals surface area (Å²) in [4.78, 5) is 2.68. The van der Waals surface area contributed by atoms with Gasteiger partial charge in [0.15, 0.2) is 0 Å². The van der Waals surface area contributed by atoms with Crippen LogP contribution in [0.25, 0.3) is 0 Å². The van der Waals surface area contributed by atoms with E-state index in [1.54, 1.807) is 0 Å². The zero-order valence-corrected chi connectivity index (χ0v) is 10.7. The lowest BCUT2D eigenvalue weighted by atomic mass is 9.96. The van der Waals surface area contributed by atoms with E-state index >= 15 is 0 Å². The summed E-state index contributed by atoms with van der Waals surface area (Å²) < 4.78 is 5.58. The molecular formula is C13H26N2O. The molecule has 0 aromatic heterocycles. The maximum atomic E-state index is 5.58. The average Bonchev–Trinajstić information content (AvgIpc) is 2.31. The Morgan fingerprint density at radius 1 is 1.44 bits per heavy atom. The molecule has 2 atom stereocenters. The van der Waals surface area contributed by atoms with Gasteiger partial charge in [-0.3, -0.25) is 4.90 Å². The van der Waals surface area contributed by atoms with Crippen LogP contribution in [0.3, 0.4) is 0 Å². The van der Waals surface area contributed by atoms with E-state index in [0.29, 0.717) is 0 Å². The van der Waals surface area contributed by atoms with Gasteiger partial charge in [0, 0.05) is 38.8 Å². The van der Waals surface area contributed by atoms with Crippen molar-refractivity contribution in [2.24, 2.45) is 11.8 Å². The highest BCUT2D eigenvalue weighted by molar-refractivity contribution is 4.83. The van der Waals surface area contributed by atoms with Crippen LogP contribution in [-0.4, -0.2) is 50.3 Å². The van der Waals surface area contributed by atoms with E-state index < -0.39 is 0 Å². The van der Waals surface area contributed by atoms with Crippen LogP contribution in [0.5, 0.6) is 0 Å². The number of nitrogens with zero attached hydrogens (tertiary/aromatic N) is 1. The number of rotatable bonds is 3. The number of piperazine rings is 1. The third-order valence-corrected chi connectivity index (χ3v) is 3.92. The molecule has 0 amide bonds. The van der Waals surface area contributed by atoms with Crippen LogP contribution in [0, 0.1) is 11.8 Å². The van der Waals surface area contributed by atoms with Crippen LogP contribution in [0.15, 0.2) is 0 Å². The summed E-state index contributed by atoms with van der Waals surface area (Å²) in [5.74, 6) is 1.52. The summed E-state index contributed by atoms with van der Waals surface area (Å²) in [6.07, 6.45) is 2.61. The van der Waals surface area contributed by atoms with E-state index in [0.717, 1.165) is 44.2 Å². The molecule has 94 valence electrons. The van der Waals surface area contributed by atoms with Gasteiger partial charge in [-0.15, -0.1) is 0 Å². The summed E-state index contributed by atoms with van der Waals surface area (Å²) in [5, 5.41) is 3.51. The summed E-state index contributed by atoms with van der Waals surface area (Å²) in [6.45, 7) is 11.4. The van der Waals surface area contributed by atoms with Crippen molar-refractivity contribution < 1.29 is 4.74 Å². The Balaban J connectivity index is 1.85. The van der Waals surface area contributed by atoms with Crippen molar-refractivity contribution in [1.82, 2.24) is 10.2 Å². The molecule has 0 aliphatic carbocycles. The Kier molecular flexibility index (Phi) is 4.62. The molecule has 3 heteroatoms. The van der Waals surface area contributed by atoms with Crippen molar-refractivity contribution in [3.05, 3.63) is 0 Å². The molecule has 2 aliphatic rings. The first-order chi connectivity index (χ1) is 7.77. The summed E-state index contributed by atoms with van der Waals surface area (Å²) in [6, 6.07) is 0.718. The van der Waals surface area contributed by atoms with Crippen molar-refractivity contribution in [1.29, 1.82) is 0 Å². The van der Waals surface area contributed by atoms with Gasteiger partial charge in [-0.1, -0.05) is 13.8 Å². The first kappa shape index (κ1) is 12.3. The maximum absolute atomic E-state index is 5.58. The van der Waals surface area contributed by atoms with Gasteiger partial charge in [-0.05, 0) is 24.7 Å². The van der Waals surface area contributed by atoms with Gasteiger partial charge < -0.3 is 10.1 Å². The van der Waals surface area contributed by atoms with Crippen LogP contribution in [0.2, 0.25) is 0 Å². The Labute approximate surface area is 99.5 Å². The smallest absolute Gasteiger partial charge is 0.0506 e. The van der Waals surface area contributed by atoms with Crippen molar-refractivity contribution in [2.45, 2.75) is 32.7 Å². The topological polar surface area (TPSA) is 24.5 Å².